The Labute approximate surface area is 119 Å². The van der Waals surface area contributed by atoms with Crippen LogP contribution in [0.25, 0.3) is 0 Å². The van der Waals surface area contributed by atoms with Crippen molar-refractivity contribution in [2.24, 2.45) is 5.92 Å². The summed E-state index contributed by atoms with van der Waals surface area (Å²) in [6.07, 6.45) is 0. The Bertz CT molecular complexity index is 337. The normalized spacial score (nSPS) is 18.9. The summed E-state index contributed by atoms with van der Waals surface area (Å²) in [7, 11) is 0. The van der Waals surface area contributed by atoms with Crippen molar-refractivity contribution < 1.29 is 0 Å². The maximum Gasteiger partial charge on any atom is 0.0536 e. The van der Waals surface area contributed by atoms with Gasteiger partial charge in [-0.3, -0.25) is 0 Å². The van der Waals surface area contributed by atoms with Gasteiger partial charge in [0.15, 0.2) is 0 Å². The number of halogens is 1. The summed E-state index contributed by atoms with van der Waals surface area (Å²) in [5.74, 6) is 4.69. The van der Waals surface area contributed by atoms with Crippen LogP contribution in [0.2, 0.25) is 0 Å². The van der Waals surface area contributed by atoms with Gasteiger partial charge in [-0.1, -0.05) is 28.9 Å². The van der Waals surface area contributed by atoms with Crippen molar-refractivity contribution in [3.05, 3.63) is 28.7 Å². The molecule has 1 fully saturated rings. The minimum atomic E-state index is 0.793. The number of rotatable bonds is 4. The third kappa shape index (κ3) is 3.90. The molecule has 16 heavy (non-hydrogen) atoms. The molecule has 0 aliphatic carbocycles. The lowest BCUT2D eigenvalue weighted by Crippen LogP contribution is -2.10. The fraction of sp³-hybridized carbons (Fsp3) is 0.500. The third-order valence-electron chi connectivity index (χ3n) is 2.42. The van der Waals surface area contributed by atoms with Crippen LogP contribution >= 0.6 is 51.2 Å². The van der Waals surface area contributed by atoms with Crippen LogP contribution in [-0.2, 0) is 0 Å². The van der Waals surface area contributed by atoms with E-state index in [4.69, 9.17) is 0 Å². The van der Waals surface area contributed by atoms with Gasteiger partial charge in [-0.25, -0.2) is 0 Å². The van der Waals surface area contributed by atoms with Crippen LogP contribution in [0, 0.1) is 5.92 Å². The Morgan fingerprint density at radius 3 is 2.88 bits per heavy atom. The lowest BCUT2D eigenvalue weighted by Gasteiger charge is -2.16. The average molecular weight is 335 g/mol. The van der Waals surface area contributed by atoms with Crippen molar-refractivity contribution >= 4 is 51.2 Å². The Hall–Kier alpha value is 0.750. The van der Waals surface area contributed by atoms with E-state index in [1.807, 2.05) is 11.8 Å². The van der Waals surface area contributed by atoms with Crippen LogP contribution in [0.5, 0.6) is 0 Å². The molecule has 1 aromatic rings. The van der Waals surface area contributed by atoms with Gasteiger partial charge in [-0.15, -0.1) is 35.3 Å². The molecule has 0 bridgehead atoms. The van der Waals surface area contributed by atoms with Gasteiger partial charge < -0.3 is 0 Å². The van der Waals surface area contributed by atoms with Crippen LogP contribution in [0.15, 0.2) is 33.6 Å². The second-order valence-electron chi connectivity index (χ2n) is 3.86. The Morgan fingerprint density at radius 2 is 2.19 bits per heavy atom. The molecule has 1 saturated heterocycles. The zero-order chi connectivity index (χ0) is 11.4. The smallest absolute Gasteiger partial charge is 0.0536 e. The summed E-state index contributed by atoms with van der Waals surface area (Å²) in [6, 6.07) is 8.58. The lowest BCUT2D eigenvalue weighted by atomic mass is 10.3. The highest BCUT2D eigenvalue weighted by atomic mass is 79.9. The summed E-state index contributed by atoms with van der Waals surface area (Å²) < 4.78 is 1.99. The van der Waals surface area contributed by atoms with Gasteiger partial charge in [0, 0.05) is 26.6 Å². The van der Waals surface area contributed by atoms with E-state index in [2.05, 4.69) is 70.6 Å². The fourth-order valence-corrected chi connectivity index (χ4v) is 6.44. The minimum absolute atomic E-state index is 0.793. The van der Waals surface area contributed by atoms with Crippen LogP contribution in [-0.4, -0.2) is 21.8 Å². The molecule has 88 valence electrons. The van der Waals surface area contributed by atoms with Crippen LogP contribution < -0.4 is 0 Å². The molecular weight excluding hydrogens is 320 g/mol. The largest absolute Gasteiger partial charge is 0.146 e. The molecule has 1 heterocycles. The van der Waals surface area contributed by atoms with Crippen LogP contribution in [0.3, 0.4) is 0 Å². The van der Waals surface area contributed by atoms with Crippen molar-refractivity contribution in [3.63, 3.8) is 0 Å². The maximum atomic E-state index is 3.51. The highest BCUT2D eigenvalue weighted by molar-refractivity contribution is 9.10. The second-order valence-corrected chi connectivity index (χ2v) is 8.66. The highest BCUT2D eigenvalue weighted by Gasteiger charge is 2.22. The van der Waals surface area contributed by atoms with Crippen molar-refractivity contribution in [2.45, 2.75) is 16.4 Å². The predicted molar refractivity (Wildman–Crippen MR) is 82.7 cm³/mol. The summed E-state index contributed by atoms with van der Waals surface area (Å²) >= 11 is 9.74. The molecule has 0 amide bonds. The standard InChI is InChI=1S/C12H15BrS3/c1-9(12-14-5-6-15-12)8-16-11-4-2-3-10(13)7-11/h2-4,7,9,12H,5-6,8H2,1H3. The van der Waals surface area contributed by atoms with Gasteiger partial charge in [0.25, 0.3) is 0 Å². The molecule has 1 atom stereocenters. The molecule has 4 heteroatoms. The van der Waals surface area contributed by atoms with Gasteiger partial charge in [0.1, 0.15) is 0 Å². The van der Waals surface area contributed by atoms with Crippen molar-refractivity contribution in [1.29, 1.82) is 0 Å². The molecule has 1 aliphatic heterocycles. The van der Waals surface area contributed by atoms with Crippen molar-refractivity contribution in [2.75, 3.05) is 17.3 Å². The first-order valence-corrected chi connectivity index (χ1v) is 9.25. The summed E-state index contributed by atoms with van der Waals surface area (Å²) in [5, 5.41) is 0. The number of thioether (sulfide) groups is 3. The first kappa shape index (κ1) is 13.2. The fourth-order valence-electron chi connectivity index (χ4n) is 1.57. The maximum absolute atomic E-state index is 3.51. The number of benzene rings is 1. The monoisotopic (exact) mass is 334 g/mol. The predicted octanol–water partition coefficient (Wildman–Crippen LogP) is 4.98. The Kier molecular flexibility index (Phi) is 5.46. The van der Waals surface area contributed by atoms with E-state index in [1.54, 1.807) is 0 Å². The zero-order valence-corrected chi connectivity index (χ0v) is 13.2. The van der Waals surface area contributed by atoms with Crippen molar-refractivity contribution in [3.8, 4) is 0 Å². The molecule has 1 unspecified atom stereocenters. The van der Waals surface area contributed by atoms with Gasteiger partial charge >= 0.3 is 0 Å². The molecule has 0 aromatic heterocycles. The zero-order valence-electron chi connectivity index (χ0n) is 9.19. The van der Waals surface area contributed by atoms with Crippen LogP contribution in [0.1, 0.15) is 6.92 Å². The summed E-state index contributed by atoms with van der Waals surface area (Å²) in [5.41, 5.74) is 0. The van der Waals surface area contributed by atoms with E-state index < -0.39 is 0 Å². The van der Waals surface area contributed by atoms with Gasteiger partial charge in [-0.05, 0) is 24.1 Å². The van der Waals surface area contributed by atoms with E-state index in [9.17, 15) is 0 Å². The Balaban J connectivity index is 1.82. The van der Waals surface area contributed by atoms with E-state index in [-0.39, 0.29) is 0 Å². The van der Waals surface area contributed by atoms with Crippen LogP contribution in [0.4, 0.5) is 0 Å². The van der Waals surface area contributed by atoms with E-state index >= 15 is 0 Å². The quantitative estimate of drug-likeness (QED) is 0.712. The lowest BCUT2D eigenvalue weighted by molar-refractivity contribution is 0.737. The van der Waals surface area contributed by atoms with Crippen molar-refractivity contribution in [1.82, 2.24) is 0 Å². The van der Waals surface area contributed by atoms with E-state index in [0.717, 1.165) is 10.5 Å². The second kappa shape index (κ2) is 6.62. The third-order valence-corrected chi connectivity index (χ3v) is 7.73. The first-order chi connectivity index (χ1) is 7.75. The molecule has 1 aromatic carbocycles. The van der Waals surface area contributed by atoms with Gasteiger partial charge in [0.2, 0.25) is 0 Å². The SMILES string of the molecule is CC(CSc1cccc(Br)c1)C1SCCS1. The molecule has 0 N–H and O–H groups in total. The Morgan fingerprint density at radius 1 is 1.44 bits per heavy atom. The summed E-state index contributed by atoms with van der Waals surface area (Å²) in [6.45, 7) is 2.38. The molecule has 1 aliphatic rings. The van der Waals surface area contributed by atoms with Gasteiger partial charge in [0.05, 0.1) is 4.58 Å². The summed E-state index contributed by atoms with van der Waals surface area (Å²) in [4.78, 5) is 1.37. The van der Waals surface area contributed by atoms with E-state index in [0.29, 0.717) is 0 Å². The minimum Gasteiger partial charge on any atom is -0.146 e. The number of hydrogen-bond donors (Lipinski definition) is 0. The molecule has 2 rings (SSSR count). The molecular formula is C12H15BrS3. The first-order valence-electron chi connectivity index (χ1n) is 5.37. The molecule has 0 saturated carbocycles. The molecule has 0 radical (unpaired) electrons. The number of hydrogen-bond acceptors (Lipinski definition) is 3. The topological polar surface area (TPSA) is 0 Å². The van der Waals surface area contributed by atoms with Gasteiger partial charge in [-0.2, -0.15) is 0 Å². The van der Waals surface area contributed by atoms with E-state index in [1.165, 1.54) is 26.6 Å². The average Bonchev–Trinajstić information content (AvgIpc) is 2.79. The highest BCUT2D eigenvalue weighted by Crippen LogP contribution is 2.39. The molecule has 0 nitrogen and oxygen atoms in total. The molecule has 0 spiro atoms.